The van der Waals surface area contributed by atoms with Gasteiger partial charge in [0, 0.05) is 0 Å². The first kappa shape index (κ1) is 4.96. The summed E-state index contributed by atoms with van der Waals surface area (Å²) in [5.74, 6) is 0. The summed E-state index contributed by atoms with van der Waals surface area (Å²) in [5.41, 5.74) is 0. The summed E-state index contributed by atoms with van der Waals surface area (Å²) in [4.78, 5) is 17.2. The molecule has 1 aliphatic rings. The second-order valence-electron chi connectivity index (χ2n) is 1.29. The van der Waals surface area contributed by atoms with Gasteiger partial charge in [0.05, 0.1) is 6.34 Å². The molecule has 0 amide bonds. The van der Waals surface area contributed by atoms with Gasteiger partial charge in [-0.2, -0.15) is 0 Å². The second-order valence-corrected chi connectivity index (χ2v) is 1.29. The average molecular weight is 111 g/mol. The molecule has 8 heavy (non-hydrogen) atoms. The van der Waals surface area contributed by atoms with Gasteiger partial charge in [-0.25, -0.2) is 9.98 Å². The van der Waals surface area contributed by atoms with Crippen molar-refractivity contribution >= 4 is 19.0 Å². The summed E-state index contributed by atoms with van der Waals surface area (Å²) in [7, 11) is 0. The number of rotatable bonds is 1. The van der Waals surface area contributed by atoms with Crippen LogP contribution in [0.1, 0.15) is 0 Å². The number of aldehydes is 1. The van der Waals surface area contributed by atoms with Crippen molar-refractivity contribution in [1.29, 1.82) is 0 Å². The maximum absolute atomic E-state index is 9.92. The third-order valence-corrected chi connectivity index (χ3v) is 0.743. The van der Waals surface area contributed by atoms with Gasteiger partial charge in [-0.05, 0) is 0 Å². The Labute approximate surface area is 46.3 Å². The largest absolute Gasteiger partial charge is 0.349 e. The van der Waals surface area contributed by atoms with Gasteiger partial charge >= 0.3 is 0 Å². The molecule has 0 bridgehead atoms. The minimum Gasteiger partial charge on any atom is -0.349 e. The first-order valence-electron chi connectivity index (χ1n) is 2.18. The standard InChI is InChI=1S/C4H5N3O/c8-1-4-6-2-5-3-7-4/h1-4H,(H,5,6,7). The van der Waals surface area contributed by atoms with E-state index in [0.29, 0.717) is 6.29 Å². The van der Waals surface area contributed by atoms with Gasteiger partial charge in [0.1, 0.15) is 6.34 Å². The summed E-state index contributed by atoms with van der Waals surface area (Å²) in [6.45, 7) is 0. The van der Waals surface area contributed by atoms with Crippen molar-refractivity contribution < 1.29 is 4.79 Å². The Balaban J connectivity index is 2.51. The summed E-state index contributed by atoms with van der Waals surface area (Å²) in [6.07, 6.45) is 3.07. The number of hydrogen-bond donors (Lipinski definition) is 1. The van der Waals surface area contributed by atoms with Crippen LogP contribution in [-0.2, 0) is 4.79 Å². The van der Waals surface area contributed by atoms with Crippen molar-refractivity contribution in [3.63, 3.8) is 0 Å². The van der Waals surface area contributed by atoms with Crippen LogP contribution in [0.25, 0.3) is 0 Å². The molecule has 1 rings (SSSR count). The van der Waals surface area contributed by atoms with E-state index in [-0.39, 0.29) is 0 Å². The van der Waals surface area contributed by atoms with E-state index in [1.54, 1.807) is 0 Å². The van der Waals surface area contributed by atoms with Gasteiger partial charge in [0.25, 0.3) is 0 Å². The van der Waals surface area contributed by atoms with Crippen LogP contribution in [0.2, 0.25) is 0 Å². The molecule has 0 aromatic rings. The van der Waals surface area contributed by atoms with Crippen LogP contribution >= 0.6 is 0 Å². The Morgan fingerprint density at radius 3 is 3.00 bits per heavy atom. The van der Waals surface area contributed by atoms with Gasteiger partial charge < -0.3 is 5.32 Å². The highest BCUT2D eigenvalue weighted by Gasteiger charge is 1.99. The molecular formula is C4H5N3O. The van der Waals surface area contributed by atoms with E-state index in [4.69, 9.17) is 0 Å². The van der Waals surface area contributed by atoms with Crippen molar-refractivity contribution in [2.24, 2.45) is 9.98 Å². The van der Waals surface area contributed by atoms with E-state index in [1.807, 2.05) is 0 Å². The number of nitrogens with one attached hydrogen (secondary N) is 1. The van der Waals surface area contributed by atoms with Crippen LogP contribution in [0.3, 0.4) is 0 Å². The van der Waals surface area contributed by atoms with Gasteiger partial charge in [-0.1, -0.05) is 0 Å². The lowest BCUT2D eigenvalue weighted by atomic mass is 10.6. The summed E-state index contributed by atoms with van der Waals surface area (Å²) in [6, 6.07) is 0. The van der Waals surface area contributed by atoms with Gasteiger partial charge in [-0.3, -0.25) is 4.79 Å². The quantitative estimate of drug-likeness (QED) is 0.449. The van der Waals surface area contributed by atoms with Gasteiger partial charge in [0.2, 0.25) is 0 Å². The molecule has 0 aliphatic carbocycles. The lowest BCUT2D eigenvalue weighted by molar-refractivity contribution is -0.109. The van der Waals surface area contributed by atoms with E-state index in [1.165, 1.54) is 12.7 Å². The molecule has 1 unspecified atom stereocenters. The van der Waals surface area contributed by atoms with Crippen LogP contribution in [0.5, 0.6) is 0 Å². The Hall–Kier alpha value is -1.19. The molecular weight excluding hydrogens is 106 g/mol. The van der Waals surface area contributed by atoms with Crippen molar-refractivity contribution in [2.75, 3.05) is 0 Å². The normalized spacial score (nSPS) is 24.8. The topological polar surface area (TPSA) is 53.8 Å². The minimum absolute atomic E-state index is 0.424. The highest BCUT2D eigenvalue weighted by Crippen LogP contribution is 1.80. The third kappa shape index (κ3) is 0.900. The maximum atomic E-state index is 9.92. The summed E-state index contributed by atoms with van der Waals surface area (Å²) < 4.78 is 0. The molecule has 42 valence electrons. The Bertz CT molecular complexity index is 140. The molecule has 1 atom stereocenters. The number of carbonyl (C=O) groups is 1. The van der Waals surface area contributed by atoms with Crippen LogP contribution in [0.15, 0.2) is 9.98 Å². The van der Waals surface area contributed by atoms with Crippen molar-refractivity contribution in [2.45, 2.75) is 6.17 Å². The summed E-state index contributed by atoms with van der Waals surface area (Å²) >= 11 is 0. The molecule has 0 spiro atoms. The predicted octanol–water partition coefficient (Wildman–Crippen LogP) is -0.829. The molecule has 0 fully saturated rings. The molecule has 1 N–H and O–H groups in total. The third-order valence-electron chi connectivity index (χ3n) is 0.743. The highest BCUT2D eigenvalue weighted by atomic mass is 16.1. The zero-order valence-electron chi connectivity index (χ0n) is 4.11. The Kier molecular flexibility index (Phi) is 1.37. The van der Waals surface area contributed by atoms with Crippen LogP contribution in [0, 0.1) is 0 Å². The van der Waals surface area contributed by atoms with Gasteiger partial charge in [0.15, 0.2) is 12.5 Å². The molecule has 0 aromatic carbocycles. The average Bonchev–Trinajstić information content (AvgIpc) is 1.90. The highest BCUT2D eigenvalue weighted by molar-refractivity contribution is 5.78. The molecule has 4 nitrogen and oxygen atoms in total. The van der Waals surface area contributed by atoms with Crippen molar-refractivity contribution in [3.8, 4) is 0 Å². The molecule has 0 aromatic heterocycles. The fourth-order valence-corrected chi connectivity index (χ4v) is 0.380. The van der Waals surface area contributed by atoms with Crippen molar-refractivity contribution in [3.05, 3.63) is 0 Å². The maximum Gasteiger partial charge on any atom is 0.177 e. The molecule has 0 saturated heterocycles. The van der Waals surface area contributed by atoms with Crippen LogP contribution in [-0.4, -0.2) is 25.1 Å². The molecule has 0 radical (unpaired) electrons. The second kappa shape index (κ2) is 2.20. The Morgan fingerprint density at radius 1 is 1.75 bits per heavy atom. The predicted molar refractivity (Wildman–Crippen MR) is 30.0 cm³/mol. The van der Waals surface area contributed by atoms with Crippen LogP contribution < -0.4 is 5.32 Å². The lowest BCUT2D eigenvalue weighted by Gasteiger charge is -2.04. The monoisotopic (exact) mass is 111 g/mol. The zero-order valence-corrected chi connectivity index (χ0v) is 4.11. The smallest absolute Gasteiger partial charge is 0.177 e. The van der Waals surface area contributed by atoms with E-state index in [0.717, 1.165) is 0 Å². The molecule has 1 aliphatic heterocycles. The first-order chi connectivity index (χ1) is 3.93. The fraction of sp³-hybridized carbons (Fsp3) is 0.250. The van der Waals surface area contributed by atoms with Crippen LogP contribution in [0.4, 0.5) is 0 Å². The number of aliphatic imine (C=N–C) groups is 2. The van der Waals surface area contributed by atoms with E-state index in [9.17, 15) is 4.79 Å². The molecule has 4 heteroatoms. The van der Waals surface area contributed by atoms with Gasteiger partial charge in [-0.15, -0.1) is 0 Å². The van der Waals surface area contributed by atoms with E-state index < -0.39 is 6.17 Å². The van der Waals surface area contributed by atoms with Crippen molar-refractivity contribution in [1.82, 2.24) is 5.32 Å². The lowest BCUT2D eigenvalue weighted by Crippen LogP contribution is -2.29. The number of hydrogen-bond acceptors (Lipinski definition) is 4. The zero-order chi connectivity index (χ0) is 5.82. The van der Waals surface area contributed by atoms with E-state index >= 15 is 0 Å². The SMILES string of the molecule is O=CC1N=CN=CN1. The molecule has 0 saturated carbocycles. The first-order valence-corrected chi connectivity index (χ1v) is 2.18. The molecule has 1 heterocycles. The number of carbonyl (C=O) groups excluding carboxylic acids is 1. The summed E-state index contributed by atoms with van der Waals surface area (Å²) in [5, 5.41) is 2.61. The minimum atomic E-state index is -0.424. The Morgan fingerprint density at radius 2 is 2.62 bits per heavy atom. The number of nitrogens with zero attached hydrogens (tertiary/aromatic N) is 2. The fourth-order valence-electron chi connectivity index (χ4n) is 0.380. The van der Waals surface area contributed by atoms with E-state index in [2.05, 4.69) is 15.3 Å².